The maximum absolute atomic E-state index is 11.5. The van der Waals surface area contributed by atoms with Gasteiger partial charge in [-0.2, -0.15) is 5.10 Å². The number of benzene rings is 1. The molecule has 2 aromatic rings. The van der Waals surface area contributed by atoms with Gasteiger partial charge in [-0.15, -0.1) is 0 Å². The van der Waals surface area contributed by atoms with Gasteiger partial charge < -0.3 is 5.11 Å². The van der Waals surface area contributed by atoms with Gasteiger partial charge in [0.15, 0.2) is 0 Å². The first kappa shape index (κ1) is 14.1. The number of hydrogen-bond acceptors (Lipinski definition) is 2. The van der Waals surface area contributed by atoms with E-state index in [9.17, 15) is 9.90 Å². The molecule has 1 aliphatic carbocycles. The van der Waals surface area contributed by atoms with Crippen LogP contribution in [0.4, 0.5) is 0 Å². The summed E-state index contributed by atoms with van der Waals surface area (Å²) in [7, 11) is 0. The molecule has 5 heteroatoms. The summed E-state index contributed by atoms with van der Waals surface area (Å²) in [6.45, 7) is 0. The van der Waals surface area contributed by atoms with Crippen molar-refractivity contribution in [3.63, 3.8) is 0 Å². The molecule has 0 amide bonds. The molecule has 0 radical (unpaired) electrons. The molecule has 1 aromatic carbocycles. The summed E-state index contributed by atoms with van der Waals surface area (Å²) < 4.78 is 1.83. The molecule has 0 spiro atoms. The Labute approximate surface area is 128 Å². The molecule has 3 rings (SSSR count). The summed E-state index contributed by atoms with van der Waals surface area (Å²) in [6, 6.07) is 7.48. The third kappa shape index (κ3) is 2.95. The second-order valence-corrected chi connectivity index (χ2v) is 5.92. The zero-order valence-corrected chi connectivity index (χ0v) is 12.4. The highest BCUT2D eigenvalue weighted by Gasteiger charge is 2.22. The summed E-state index contributed by atoms with van der Waals surface area (Å²) in [5.74, 6) is -0.952. The third-order valence-corrected chi connectivity index (χ3v) is 4.24. The van der Waals surface area contributed by atoms with E-state index in [1.165, 1.54) is 19.3 Å². The minimum Gasteiger partial charge on any atom is -0.478 e. The van der Waals surface area contributed by atoms with E-state index >= 15 is 0 Å². The van der Waals surface area contributed by atoms with E-state index in [-0.39, 0.29) is 5.56 Å². The summed E-state index contributed by atoms with van der Waals surface area (Å²) in [5.41, 5.74) is 1.48. The van der Waals surface area contributed by atoms with Gasteiger partial charge >= 0.3 is 5.97 Å². The zero-order valence-electron chi connectivity index (χ0n) is 11.6. The maximum atomic E-state index is 11.5. The van der Waals surface area contributed by atoms with Gasteiger partial charge in [0.05, 0.1) is 6.04 Å². The van der Waals surface area contributed by atoms with E-state index in [2.05, 4.69) is 5.10 Å². The lowest BCUT2D eigenvalue weighted by Gasteiger charge is -2.21. The van der Waals surface area contributed by atoms with Gasteiger partial charge in [0.25, 0.3) is 0 Å². The third-order valence-electron chi connectivity index (χ3n) is 4.01. The maximum Gasteiger partial charge on any atom is 0.339 e. The van der Waals surface area contributed by atoms with Crippen LogP contribution >= 0.6 is 11.6 Å². The molecule has 1 aliphatic rings. The van der Waals surface area contributed by atoms with Gasteiger partial charge in [-0.3, -0.25) is 4.68 Å². The van der Waals surface area contributed by atoms with Crippen molar-refractivity contribution in [1.82, 2.24) is 9.78 Å². The average molecular weight is 305 g/mol. The lowest BCUT2D eigenvalue weighted by atomic mass is 9.96. The van der Waals surface area contributed by atoms with E-state index in [1.54, 1.807) is 18.3 Å². The first-order valence-electron chi connectivity index (χ1n) is 7.23. The summed E-state index contributed by atoms with van der Waals surface area (Å²) >= 11 is 6.00. The van der Waals surface area contributed by atoms with Crippen LogP contribution in [-0.2, 0) is 0 Å². The van der Waals surface area contributed by atoms with Crippen molar-refractivity contribution in [3.05, 3.63) is 41.0 Å². The normalized spacial score (nSPS) is 16.0. The standard InChI is InChI=1S/C16H17ClN2O2/c17-12-6-4-5-11(9-12)15-14(16(20)21)10-19(18-15)13-7-2-1-3-8-13/h4-6,9-10,13H,1-3,7-8H2,(H,20,21). The zero-order chi connectivity index (χ0) is 14.8. The van der Waals surface area contributed by atoms with Crippen LogP contribution in [0, 0.1) is 0 Å². The summed E-state index contributed by atoms with van der Waals surface area (Å²) in [5, 5.41) is 14.5. The number of aromatic nitrogens is 2. The quantitative estimate of drug-likeness (QED) is 0.914. The predicted octanol–water partition coefficient (Wildman–Crippen LogP) is 4.41. The molecule has 21 heavy (non-hydrogen) atoms. The molecular formula is C16H17ClN2O2. The Morgan fingerprint density at radius 2 is 2.05 bits per heavy atom. The van der Waals surface area contributed by atoms with Crippen molar-refractivity contribution < 1.29 is 9.90 Å². The number of aromatic carboxylic acids is 1. The largest absolute Gasteiger partial charge is 0.478 e. The molecule has 4 nitrogen and oxygen atoms in total. The number of hydrogen-bond donors (Lipinski definition) is 1. The van der Waals surface area contributed by atoms with Crippen LogP contribution in [0.15, 0.2) is 30.5 Å². The smallest absolute Gasteiger partial charge is 0.339 e. The fourth-order valence-electron chi connectivity index (χ4n) is 2.93. The highest BCUT2D eigenvalue weighted by atomic mass is 35.5. The Hall–Kier alpha value is -1.81. The molecule has 110 valence electrons. The van der Waals surface area contributed by atoms with Gasteiger partial charge in [0, 0.05) is 16.8 Å². The Bertz CT molecular complexity index is 660. The van der Waals surface area contributed by atoms with E-state index in [4.69, 9.17) is 11.6 Å². The van der Waals surface area contributed by atoms with E-state index < -0.39 is 5.97 Å². The van der Waals surface area contributed by atoms with Gasteiger partial charge in [-0.05, 0) is 25.0 Å². The molecule has 0 atom stereocenters. The minimum atomic E-state index is -0.952. The molecular weight excluding hydrogens is 288 g/mol. The first-order valence-corrected chi connectivity index (χ1v) is 7.61. The van der Waals surface area contributed by atoms with Crippen LogP contribution < -0.4 is 0 Å². The van der Waals surface area contributed by atoms with Crippen LogP contribution in [0.2, 0.25) is 5.02 Å². The number of halogens is 1. The Kier molecular flexibility index (Phi) is 3.97. The van der Waals surface area contributed by atoms with Crippen molar-refractivity contribution >= 4 is 17.6 Å². The van der Waals surface area contributed by atoms with Crippen molar-refractivity contribution in [2.45, 2.75) is 38.1 Å². The van der Waals surface area contributed by atoms with Crippen molar-refractivity contribution in [1.29, 1.82) is 0 Å². The van der Waals surface area contributed by atoms with Gasteiger partial charge in [0.2, 0.25) is 0 Å². The van der Waals surface area contributed by atoms with E-state index in [1.807, 2.05) is 16.8 Å². The lowest BCUT2D eigenvalue weighted by Crippen LogP contribution is -2.13. The molecule has 1 fully saturated rings. The van der Waals surface area contributed by atoms with Gasteiger partial charge in [-0.1, -0.05) is 43.0 Å². The Morgan fingerprint density at radius 1 is 1.29 bits per heavy atom. The van der Waals surface area contributed by atoms with Gasteiger partial charge in [-0.25, -0.2) is 4.79 Å². The molecule has 1 aromatic heterocycles. The Morgan fingerprint density at radius 3 is 2.71 bits per heavy atom. The highest BCUT2D eigenvalue weighted by molar-refractivity contribution is 6.30. The van der Waals surface area contributed by atoms with Crippen LogP contribution in [-0.4, -0.2) is 20.9 Å². The molecule has 0 bridgehead atoms. The predicted molar refractivity (Wildman–Crippen MR) is 81.8 cm³/mol. The summed E-state index contributed by atoms with van der Waals surface area (Å²) in [4.78, 5) is 11.5. The molecule has 1 heterocycles. The van der Waals surface area contributed by atoms with Crippen LogP contribution in [0.1, 0.15) is 48.5 Å². The highest BCUT2D eigenvalue weighted by Crippen LogP contribution is 2.31. The number of carbonyl (C=O) groups is 1. The average Bonchev–Trinajstić information content (AvgIpc) is 2.93. The molecule has 0 saturated heterocycles. The van der Waals surface area contributed by atoms with Crippen molar-refractivity contribution in [2.24, 2.45) is 0 Å². The number of carboxylic acids is 1. The lowest BCUT2D eigenvalue weighted by molar-refractivity contribution is 0.0697. The minimum absolute atomic E-state index is 0.239. The fourth-order valence-corrected chi connectivity index (χ4v) is 3.12. The van der Waals surface area contributed by atoms with E-state index in [0.29, 0.717) is 16.8 Å². The van der Waals surface area contributed by atoms with Crippen molar-refractivity contribution in [2.75, 3.05) is 0 Å². The number of carboxylic acid groups (broad SMARTS) is 1. The van der Waals surface area contributed by atoms with E-state index in [0.717, 1.165) is 18.4 Å². The van der Waals surface area contributed by atoms with Gasteiger partial charge in [0.1, 0.15) is 11.3 Å². The summed E-state index contributed by atoms with van der Waals surface area (Å²) in [6.07, 6.45) is 7.41. The SMILES string of the molecule is O=C(O)c1cn(C2CCCCC2)nc1-c1cccc(Cl)c1. The second-order valence-electron chi connectivity index (χ2n) is 5.48. The van der Waals surface area contributed by atoms with Crippen LogP contribution in [0.3, 0.4) is 0 Å². The topological polar surface area (TPSA) is 55.1 Å². The number of rotatable bonds is 3. The van der Waals surface area contributed by atoms with Crippen molar-refractivity contribution in [3.8, 4) is 11.3 Å². The number of nitrogens with zero attached hydrogens (tertiary/aromatic N) is 2. The second kappa shape index (κ2) is 5.90. The monoisotopic (exact) mass is 304 g/mol. The first-order chi connectivity index (χ1) is 10.1. The molecule has 0 unspecified atom stereocenters. The fraction of sp³-hybridized carbons (Fsp3) is 0.375. The molecule has 1 N–H and O–H groups in total. The van der Waals surface area contributed by atoms with Crippen LogP contribution in [0.5, 0.6) is 0 Å². The molecule has 1 saturated carbocycles. The molecule has 0 aliphatic heterocycles. The van der Waals surface area contributed by atoms with Crippen LogP contribution in [0.25, 0.3) is 11.3 Å². The Balaban J connectivity index is 2.02.